The lowest BCUT2D eigenvalue weighted by Crippen LogP contribution is -2.32. The van der Waals surface area contributed by atoms with Crippen LogP contribution in [0.5, 0.6) is 0 Å². The highest BCUT2D eigenvalue weighted by Crippen LogP contribution is 2.29. The van der Waals surface area contributed by atoms with Crippen LogP contribution in [-0.4, -0.2) is 21.8 Å². The van der Waals surface area contributed by atoms with Crippen LogP contribution in [0, 0.1) is 6.92 Å². The maximum atomic E-state index is 12.6. The minimum absolute atomic E-state index is 0.259. The topological polar surface area (TPSA) is 33.2 Å². The van der Waals surface area contributed by atoms with Crippen LogP contribution in [0.4, 0.5) is 0 Å². The highest BCUT2D eigenvalue weighted by atomic mass is 16.2. The van der Waals surface area contributed by atoms with Gasteiger partial charge < -0.3 is 4.90 Å². The molecule has 1 aromatic carbocycles. The SMILES string of the molecule is Cc1ccccc1CCC(=O)N(Cc1cccnc1)C1CC1. The predicted molar refractivity (Wildman–Crippen MR) is 87.3 cm³/mol. The van der Waals surface area contributed by atoms with Crippen LogP contribution in [-0.2, 0) is 17.8 Å². The second-order valence-electron chi connectivity index (χ2n) is 6.04. The van der Waals surface area contributed by atoms with E-state index in [9.17, 15) is 4.79 Å². The molecule has 22 heavy (non-hydrogen) atoms. The monoisotopic (exact) mass is 294 g/mol. The molecule has 114 valence electrons. The first-order valence-electron chi connectivity index (χ1n) is 7.97. The summed E-state index contributed by atoms with van der Waals surface area (Å²) in [6.45, 7) is 2.79. The average molecular weight is 294 g/mol. The number of carbonyl (C=O) groups is 1. The van der Waals surface area contributed by atoms with Crippen LogP contribution < -0.4 is 0 Å². The number of aryl methyl sites for hydroxylation is 2. The predicted octanol–water partition coefficient (Wildman–Crippen LogP) is 3.51. The summed E-state index contributed by atoms with van der Waals surface area (Å²) in [6, 6.07) is 12.7. The number of amides is 1. The molecule has 1 aromatic heterocycles. The van der Waals surface area contributed by atoms with Gasteiger partial charge in [-0.25, -0.2) is 0 Å². The van der Waals surface area contributed by atoms with E-state index in [2.05, 4.69) is 24.0 Å². The van der Waals surface area contributed by atoms with Crippen molar-refractivity contribution in [1.29, 1.82) is 0 Å². The van der Waals surface area contributed by atoms with Crippen molar-refractivity contribution in [2.75, 3.05) is 0 Å². The number of hydrogen-bond acceptors (Lipinski definition) is 2. The van der Waals surface area contributed by atoms with Crippen LogP contribution in [0.25, 0.3) is 0 Å². The van der Waals surface area contributed by atoms with Crippen molar-refractivity contribution in [3.8, 4) is 0 Å². The third kappa shape index (κ3) is 3.73. The van der Waals surface area contributed by atoms with Crippen molar-refractivity contribution in [3.05, 3.63) is 65.5 Å². The lowest BCUT2D eigenvalue weighted by Gasteiger charge is -2.22. The van der Waals surface area contributed by atoms with Crippen molar-refractivity contribution < 1.29 is 4.79 Å². The number of pyridine rings is 1. The zero-order valence-corrected chi connectivity index (χ0v) is 13.0. The molecule has 1 aliphatic rings. The molecule has 0 radical (unpaired) electrons. The molecule has 0 saturated heterocycles. The molecule has 0 atom stereocenters. The quantitative estimate of drug-likeness (QED) is 0.817. The summed E-state index contributed by atoms with van der Waals surface area (Å²) in [7, 11) is 0. The maximum Gasteiger partial charge on any atom is 0.223 e. The van der Waals surface area contributed by atoms with E-state index in [1.807, 2.05) is 35.4 Å². The summed E-state index contributed by atoms with van der Waals surface area (Å²) in [5.74, 6) is 0.259. The van der Waals surface area contributed by atoms with Crippen molar-refractivity contribution >= 4 is 5.91 Å². The number of benzene rings is 1. The molecule has 0 bridgehead atoms. The third-order valence-electron chi connectivity index (χ3n) is 4.25. The van der Waals surface area contributed by atoms with Gasteiger partial charge in [0.1, 0.15) is 0 Å². The van der Waals surface area contributed by atoms with Crippen LogP contribution in [0.1, 0.15) is 36.0 Å². The highest BCUT2D eigenvalue weighted by Gasteiger charge is 2.32. The molecule has 1 fully saturated rings. The Bertz CT molecular complexity index is 635. The number of aromatic nitrogens is 1. The molecule has 3 nitrogen and oxygen atoms in total. The molecular weight excluding hydrogens is 272 g/mol. The first kappa shape index (κ1) is 14.8. The minimum atomic E-state index is 0.259. The van der Waals surface area contributed by atoms with Gasteiger partial charge >= 0.3 is 0 Å². The number of carbonyl (C=O) groups excluding carboxylic acids is 1. The standard InChI is InChI=1S/C19H22N2O/c1-15-5-2-3-7-17(15)8-11-19(22)21(18-9-10-18)14-16-6-4-12-20-13-16/h2-7,12-13,18H,8-11,14H2,1H3. The van der Waals surface area contributed by atoms with E-state index in [1.54, 1.807) is 6.20 Å². The average Bonchev–Trinajstić information content (AvgIpc) is 3.37. The molecule has 0 aliphatic heterocycles. The molecule has 0 spiro atoms. The van der Waals surface area contributed by atoms with E-state index < -0.39 is 0 Å². The van der Waals surface area contributed by atoms with Gasteiger partial charge in [0.15, 0.2) is 0 Å². The van der Waals surface area contributed by atoms with E-state index >= 15 is 0 Å². The first-order valence-corrected chi connectivity index (χ1v) is 7.97. The van der Waals surface area contributed by atoms with Crippen LogP contribution in [0.15, 0.2) is 48.8 Å². The molecule has 1 heterocycles. The molecule has 3 rings (SSSR count). The third-order valence-corrected chi connectivity index (χ3v) is 4.25. The van der Waals surface area contributed by atoms with Gasteiger partial charge in [-0.15, -0.1) is 0 Å². The van der Waals surface area contributed by atoms with Crippen LogP contribution in [0.2, 0.25) is 0 Å². The van der Waals surface area contributed by atoms with E-state index in [1.165, 1.54) is 11.1 Å². The first-order chi connectivity index (χ1) is 10.7. The zero-order valence-electron chi connectivity index (χ0n) is 13.0. The Morgan fingerprint density at radius 2 is 2.05 bits per heavy atom. The van der Waals surface area contributed by atoms with Gasteiger partial charge in [-0.1, -0.05) is 30.3 Å². The van der Waals surface area contributed by atoms with Gasteiger partial charge in [0, 0.05) is 31.4 Å². The summed E-state index contributed by atoms with van der Waals surface area (Å²) >= 11 is 0. The van der Waals surface area contributed by atoms with E-state index in [0.717, 1.165) is 24.8 Å². The fraction of sp³-hybridized carbons (Fsp3) is 0.368. The summed E-state index contributed by atoms with van der Waals surface area (Å²) in [5, 5.41) is 0. The van der Waals surface area contributed by atoms with Gasteiger partial charge in [-0.05, 0) is 48.9 Å². The molecule has 2 aromatic rings. The molecular formula is C19H22N2O. The maximum absolute atomic E-state index is 12.6. The normalized spacial score (nSPS) is 13.9. The van der Waals surface area contributed by atoms with E-state index in [-0.39, 0.29) is 5.91 Å². The highest BCUT2D eigenvalue weighted by molar-refractivity contribution is 5.77. The second kappa shape index (κ2) is 6.73. The van der Waals surface area contributed by atoms with Crippen molar-refractivity contribution in [2.24, 2.45) is 0 Å². The van der Waals surface area contributed by atoms with Crippen molar-refractivity contribution in [1.82, 2.24) is 9.88 Å². The minimum Gasteiger partial charge on any atom is -0.335 e. The number of rotatable bonds is 6. The van der Waals surface area contributed by atoms with Crippen LogP contribution in [0.3, 0.4) is 0 Å². The molecule has 3 heteroatoms. The molecule has 0 unspecified atom stereocenters. The molecule has 1 aliphatic carbocycles. The summed E-state index contributed by atoms with van der Waals surface area (Å²) in [4.78, 5) is 18.8. The van der Waals surface area contributed by atoms with Crippen LogP contribution >= 0.6 is 0 Å². The fourth-order valence-electron chi connectivity index (χ4n) is 2.77. The smallest absolute Gasteiger partial charge is 0.223 e. The summed E-state index contributed by atoms with van der Waals surface area (Å²) in [6.07, 6.45) is 7.30. The van der Waals surface area contributed by atoms with Crippen molar-refractivity contribution in [3.63, 3.8) is 0 Å². The fourth-order valence-corrected chi connectivity index (χ4v) is 2.77. The second-order valence-corrected chi connectivity index (χ2v) is 6.04. The van der Waals surface area contributed by atoms with E-state index in [4.69, 9.17) is 0 Å². The molecule has 1 saturated carbocycles. The number of nitrogens with zero attached hydrogens (tertiary/aromatic N) is 2. The largest absolute Gasteiger partial charge is 0.335 e. The summed E-state index contributed by atoms with van der Waals surface area (Å²) < 4.78 is 0. The molecule has 1 amide bonds. The van der Waals surface area contributed by atoms with Gasteiger partial charge in [0.05, 0.1) is 0 Å². The number of hydrogen-bond donors (Lipinski definition) is 0. The lowest BCUT2D eigenvalue weighted by molar-refractivity contribution is -0.132. The van der Waals surface area contributed by atoms with E-state index in [0.29, 0.717) is 19.0 Å². The Kier molecular flexibility index (Phi) is 4.52. The Labute approximate surface area is 132 Å². The zero-order chi connectivity index (χ0) is 15.4. The Hall–Kier alpha value is -2.16. The van der Waals surface area contributed by atoms with Gasteiger partial charge in [-0.2, -0.15) is 0 Å². The van der Waals surface area contributed by atoms with Crippen molar-refractivity contribution in [2.45, 2.75) is 45.2 Å². The summed E-state index contributed by atoms with van der Waals surface area (Å²) in [5.41, 5.74) is 3.65. The van der Waals surface area contributed by atoms with Gasteiger partial charge in [-0.3, -0.25) is 9.78 Å². The lowest BCUT2D eigenvalue weighted by atomic mass is 10.0. The van der Waals surface area contributed by atoms with Gasteiger partial charge in [0.2, 0.25) is 5.91 Å². The Morgan fingerprint density at radius 3 is 2.73 bits per heavy atom. The molecule has 0 N–H and O–H groups in total. The Balaban J connectivity index is 1.62. The van der Waals surface area contributed by atoms with Gasteiger partial charge in [0.25, 0.3) is 0 Å². The Morgan fingerprint density at radius 1 is 1.23 bits per heavy atom.